The van der Waals surface area contributed by atoms with Crippen LogP contribution in [0.4, 0.5) is 13.2 Å². The maximum absolute atomic E-state index is 12.8. The van der Waals surface area contributed by atoms with Crippen molar-refractivity contribution in [3.05, 3.63) is 35.4 Å². The fourth-order valence-corrected chi connectivity index (χ4v) is 1.82. The first-order valence-corrected chi connectivity index (χ1v) is 6.33. The Balaban J connectivity index is 3.00. The molecule has 0 radical (unpaired) electrons. The molecule has 0 fully saturated rings. The first-order chi connectivity index (χ1) is 7.62. The minimum atomic E-state index is -4.28. The average Bonchev–Trinajstić information content (AvgIpc) is 2.15. The molecule has 0 aliphatic heterocycles. The topological polar surface area (TPSA) is 0 Å². The van der Waals surface area contributed by atoms with Crippen molar-refractivity contribution in [2.24, 2.45) is 5.41 Å². The summed E-state index contributed by atoms with van der Waals surface area (Å²) in [5.74, 6) is 0. The first kappa shape index (κ1) is 14.6. The summed E-state index contributed by atoms with van der Waals surface area (Å²) >= 11 is 3.47. The van der Waals surface area contributed by atoms with Gasteiger partial charge in [0, 0.05) is 4.83 Å². The smallest absolute Gasteiger partial charge is 0.166 e. The van der Waals surface area contributed by atoms with Crippen LogP contribution in [0.15, 0.2) is 24.3 Å². The zero-order valence-corrected chi connectivity index (χ0v) is 11.7. The minimum absolute atomic E-state index is 0.0125. The van der Waals surface area contributed by atoms with Gasteiger partial charge in [0.2, 0.25) is 0 Å². The molecule has 0 aliphatic rings. The third-order valence-corrected chi connectivity index (χ3v) is 4.36. The van der Waals surface area contributed by atoms with Crippen LogP contribution >= 0.6 is 15.9 Å². The van der Waals surface area contributed by atoms with Gasteiger partial charge < -0.3 is 0 Å². The fourth-order valence-electron chi connectivity index (χ4n) is 1.47. The van der Waals surface area contributed by atoms with Crippen molar-refractivity contribution in [2.75, 3.05) is 0 Å². The van der Waals surface area contributed by atoms with Gasteiger partial charge >= 0.3 is 6.18 Å². The quantitative estimate of drug-likeness (QED) is 0.670. The molecule has 0 N–H and O–H groups in total. The summed E-state index contributed by atoms with van der Waals surface area (Å²) in [6, 6.07) is 5.75. The van der Waals surface area contributed by atoms with Crippen LogP contribution in [0.2, 0.25) is 0 Å². The molecule has 96 valence electrons. The van der Waals surface area contributed by atoms with E-state index >= 15 is 0 Å². The number of alkyl halides is 4. The number of hydrogen-bond acceptors (Lipinski definition) is 0. The maximum atomic E-state index is 12.8. The fraction of sp³-hybridized carbons (Fsp3) is 0.538. The van der Waals surface area contributed by atoms with Crippen molar-refractivity contribution in [2.45, 2.75) is 38.2 Å². The predicted octanol–water partition coefficient (Wildman–Crippen LogP) is 5.06. The van der Waals surface area contributed by atoms with Gasteiger partial charge in [-0.3, -0.25) is 0 Å². The van der Waals surface area contributed by atoms with E-state index in [0.717, 1.165) is 6.07 Å². The summed E-state index contributed by atoms with van der Waals surface area (Å²) in [7, 11) is 0. The highest BCUT2D eigenvalue weighted by atomic mass is 79.9. The van der Waals surface area contributed by atoms with Crippen LogP contribution in [0.25, 0.3) is 0 Å². The molecule has 0 saturated carbocycles. The lowest BCUT2D eigenvalue weighted by Gasteiger charge is -2.26. The van der Waals surface area contributed by atoms with Gasteiger partial charge in [0.05, 0.1) is 5.56 Å². The van der Waals surface area contributed by atoms with Gasteiger partial charge in [-0.2, -0.15) is 13.2 Å². The van der Waals surface area contributed by atoms with Crippen molar-refractivity contribution in [1.29, 1.82) is 0 Å². The SMILES string of the molecule is CC(C)(C)C(Br)Cc1ccccc1C(F)(F)F. The third kappa shape index (κ3) is 4.02. The van der Waals surface area contributed by atoms with E-state index in [1.165, 1.54) is 6.07 Å². The standard InChI is InChI=1S/C13H16BrF3/c1-12(2,3)11(14)8-9-6-4-5-7-10(9)13(15,16)17/h4-7,11H,8H2,1-3H3. The van der Waals surface area contributed by atoms with Gasteiger partial charge in [-0.1, -0.05) is 54.9 Å². The molecule has 0 amide bonds. The zero-order chi connectivity index (χ0) is 13.3. The number of halogens is 4. The highest BCUT2D eigenvalue weighted by molar-refractivity contribution is 9.09. The Bertz CT molecular complexity index is 377. The second kappa shape index (κ2) is 5.01. The molecule has 0 bridgehead atoms. The van der Waals surface area contributed by atoms with Crippen LogP contribution < -0.4 is 0 Å². The van der Waals surface area contributed by atoms with Crippen LogP contribution in [0.1, 0.15) is 31.9 Å². The van der Waals surface area contributed by atoms with Gasteiger partial charge in [-0.05, 0) is 23.5 Å². The predicted molar refractivity (Wildman–Crippen MR) is 67.3 cm³/mol. The van der Waals surface area contributed by atoms with Crippen LogP contribution in [-0.2, 0) is 12.6 Å². The van der Waals surface area contributed by atoms with Crippen molar-refractivity contribution in [3.8, 4) is 0 Å². The molecule has 17 heavy (non-hydrogen) atoms. The van der Waals surface area contributed by atoms with Gasteiger partial charge in [0.25, 0.3) is 0 Å². The lowest BCUT2D eigenvalue weighted by Crippen LogP contribution is -2.23. The molecular formula is C13H16BrF3. The lowest BCUT2D eigenvalue weighted by atomic mass is 9.87. The van der Waals surface area contributed by atoms with Gasteiger partial charge in [-0.25, -0.2) is 0 Å². The third-order valence-electron chi connectivity index (χ3n) is 2.66. The molecular weight excluding hydrogens is 293 g/mol. The molecule has 0 nitrogen and oxygen atoms in total. The molecule has 1 atom stereocenters. The number of hydrogen-bond donors (Lipinski definition) is 0. The second-order valence-corrected chi connectivity index (χ2v) is 6.30. The van der Waals surface area contributed by atoms with Crippen LogP contribution in [0.3, 0.4) is 0 Å². The van der Waals surface area contributed by atoms with E-state index in [-0.39, 0.29) is 10.2 Å². The number of benzene rings is 1. The molecule has 1 unspecified atom stereocenters. The highest BCUT2D eigenvalue weighted by Crippen LogP contribution is 2.35. The normalized spacial score (nSPS) is 14.8. The van der Waals surface area contributed by atoms with Crippen LogP contribution in [-0.4, -0.2) is 4.83 Å². The number of rotatable bonds is 2. The molecule has 0 heterocycles. The summed E-state index contributed by atoms with van der Waals surface area (Å²) < 4.78 is 38.3. The molecule has 1 aromatic carbocycles. The largest absolute Gasteiger partial charge is 0.416 e. The molecule has 0 aliphatic carbocycles. The monoisotopic (exact) mass is 308 g/mol. The Hall–Kier alpha value is -0.510. The molecule has 0 saturated heterocycles. The van der Waals surface area contributed by atoms with Crippen molar-refractivity contribution >= 4 is 15.9 Å². The van der Waals surface area contributed by atoms with E-state index in [1.54, 1.807) is 12.1 Å². The summed E-state index contributed by atoms with van der Waals surface area (Å²) in [5.41, 5.74) is -0.260. The Labute approximate surface area is 108 Å². The van der Waals surface area contributed by atoms with Gasteiger partial charge in [0.15, 0.2) is 0 Å². The van der Waals surface area contributed by atoms with Crippen molar-refractivity contribution < 1.29 is 13.2 Å². The molecule has 0 spiro atoms. The van der Waals surface area contributed by atoms with E-state index in [0.29, 0.717) is 12.0 Å². The Kier molecular flexibility index (Phi) is 4.28. The van der Waals surface area contributed by atoms with E-state index in [4.69, 9.17) is 0 Å². The molecule has 1 aromatic rings. The second-order valence-electron chi connectivity index (χ2n) is 5.19. The molecule has 4 heteroatoms. The zero-order valence-electron chi connectivity index (χ0n) is 10.1. The summed E-state index contributed by atoms with van der Waals surface area (Å²) in [5, 5.41) is 0. The highest BCUT2D eigenvalue weighted by Gasteiger charge is 2.34. The average molecular weight is 309 g/mol. The van der Waals surface area contributed by atoms with Crippen molar-refractivity contribution in [1.82, 2.24) is 0 Å². The molecule has 1 rings (SSSR count). The van der Waals surface area contributed by atoms with Crippen molar-refractivity contribution in [3.63, 3.8) is 0 Å². The summed E-state index contributed by atoms with van der Waals surface area (Å²) in [6.07, 6.45) is -3.90. The minimum Gasteiger partial charge on any atom is -0.166 e. The van der Waals surface area contributed by atoms with Gasteiger partial charge in [-0.15, -0.1) is 0 Å². The Morgan fingerprint density at radius 1 is 1.12 bits per heavy atom. The van der Waals surface area contributed by atoms with E-state index in [1.807, 2.05) is 20.8 Å². The van der Waals surface area contributed by atoms with Gasteiger partial charge in [0.1, 0.15) is 0 Å². The van der Waals surface area contributed by atoms with Crippen LogP contribution in [0.5, 0.6) is 0 Å². The lowest BCUT2D eigenvalue weighted by molar-refractivity contribution is -0.138. The Morgan fingerprint density at radius 3 is 2.12 bits per heavy atom. The Morgan fingerprint density at radius 2 is 1.65 bits per heavy atom. The van der Waals surface area contributed by atoms with Crippen LogP contribution in [0, 0.1) is 5.41 Å². The summed E-state index contributed by atoms with van der Waals surface area (Å²) in [4.78, 5) is 0.0125. The van der Waals surface area contributed by atoms with E-state index < -0.39 is 11.7 Å². The summed E-state index contributed by atoms with van der Waals surface area (Å²) in [6.45, 7) is 6.01. The molecule has 0 aromatic heterocycles. The maximum Gasteiger partial charge on any atom is 0.416 e. The van der Waals surface area contributed by atoms with E-state index in [2.05, 4.69) is 15.9 Å². The first-order valence-electron chi connectivity index (χ1n) is 5.41. The van der Waals surface area contributed by atoms with E-state index in [9.17, 15) is 13.2 Å².